The van der Waals surface area contributed by atoms with E-state index < -0.39 is 48.3 Å². The van der Waals surface area contributed by atoms with Crippen LogP contribution >= 0.6 is 0 Å². The average molecular weight is 872 g/mol. The summed E-state index contributed by atoms with van der Waals surface area (Å²) in [6, 6.07) is 22.4. The minimum atomic E-state index is -5.36. The Balaban J connectivity index is 1.09. The molecule has 0 radical (unpaired) electrons. The van der Waals surface area contributed by atoms with Crippen LogP contribution in [0.25, 0.3) is 11.2 Å². The monoisotopic (exact) mass is 871 g/mol. The van der Waals surface area contributed by atoms with E-state index in [1.54, 1.807) is 6.20 Å². The van der Waals surface area contributed by atoms with Crippen molar-refractivity contribution in [1.82, 2.24) is 45.8 Å². The summed E-state index contributed by atoms with van der Waals surface area (Å²) in [6.45, 7) is 3.36. The molecule has 7 rings (SSSR count). The Morgan fingerprint density at radius 2 is 1.54 bits per heavy atom. The second-order valence-electron chi connectivity index (χ2n) is 15.3. The van der Waals surface area contributed by atoms with Crippen molar-refractivity contribution >= 4 is 46.6 Å². The van der Waals surface area contributed by atoms with Crippen LogP contribution in [0.3, 0.4) is 0 Å². The van der Waals surface area contributed by atoms with E-state index in [1.807, 2.05) is 78.9 Å². The number of urea groups is 1. The third kappa shape index (κ3) is 10.8. The van der Waals surface area contributed by atoms with Crippen molar-refractivity contribution < 1.29 is 42.2 Å². The van der Waals surface area contributed by atoms with Crippen molar-refractivity contribution in [3.8, 4) is 0 Å². The lowest BCUT2D eigenvalue weighted by atomic mass is 9.91. The molecular weight excluding hydrogens is 824 g/mol. The first-order valence-corrected chi connectivity index (χ1v) is 20.7. The van der Waals surface area contributed by atoms with Gasteiger partial charge in [0, 0.05) is 57.3 Å². The lowest BCUT2D eigenvalue weighted by molar-refractivity contribution is -0.209. The number of hydrogen-bond acceptors (Lipinski definition) is 12. The quantitative estimate of drug-likeness (QED) is 0.0654. The molecule has 63 heavy (non-hydrogen) atoms. The smallest absolute Gasteiger partial charge is 0.451 e. The van der Waals surface area contributed by atoms with E-state index in [-0.39, 0.29) is 73.3 Å². The zero-order chi connectivity index (χ0) is 44.5. The molecule has 0 unspecified atom stereocenters. The minimum absolute atomic E-state index is 0.00425. The highest BCUT2D eigenvalue weighted by Crippen LogP contribution is 2.37. The molecule has 0 spiro atoms. The number of halogens is 3. The van der Waals surface area contributed by atoms with Gasteiger partial charge in [0.2, 0.25) is 11.7 Å². The van der Waals surface area contributed by atoms with Crippen LogP contribution in [0.2, 0.25) is 0 Å². The number of fused-ring (bicyclic) bond motifs is 1. The number of amides is 4. The number of piperidine rings is 1. The normalized spacial score (nSPS) is 19.1. The number of alkyl halides is 3. The van der Waals surface area contributed by atoms with E-state index in [0.29, 0.717) is 0 Å². The van der Waals surface area contributed by atoms with Crippen molar-refractivity contribution in [2.24, 2.45) is 0 Å². The molecule has 1 saturated heterocycles. The Morgan fingerprint density at radius 1 is 0.873 bits per heavy atom. The largest absolute Gasteiger partial charge is 0.490 e. The number of rotatable bonds is 15. The molecule has 3 aromatic heterocycles. The Morgan fingerprint density at radius 3 is 2.17 bits per heavy atom. The van der Waals surface area contributed by atoms with Crippen molar-refractivity contribution in [2.75, 3.05) is 42.9 Å². The van der Waals surface area contributed by atoms with Gasteiger partial charge in [-0.3, -0.25) is 9.59 Å². The van der Waals surface area contributed by atoms with Gasteiger partial charge >= 0.3 is 18.2 Å². The molecule has 0 bridgehead atoms. The number of anilines is 2. The molecule has 4 heterocycles. The molecule has 17 nitrogen and oxygen atoms in total. The second-order valence-corrected chi connectivity index (χ2v) is 15.3. The topological polar surface area (TPSA) is 218 Å². The van der Waals surface area contributed by atoms with Crippen molar-refractivity contribution in [3.63, 3.8) is 0 Å². The lowest BCUT2D eigenvalue weighted by Gasteiger charge is -2.33. The number of pyridine rings is 1. The highest BCUT2D eigenvalue weighted by Gasteiger charge is 2.51. The van der Waals surface area contributed by atoms with E-state index in [0.717, 1.165) is 42.9 Å². The molecule has 332 valence electrons. The molecular formula is C43H48F3N11O6. The van der Waals surface area contributed by atoms with Gasteiger partial charge in [-0.05, 0) is 42.5 Å². The van der Waals surface area contributed by atoms with Gasteiger partial charge in [0.1, 0.15) is 17.4 Å². The first-order chi connectivity index (χ1) is 30.4. The van der Waals surface area contributed by atoms with Crippen LogP contribution in [0.1, 0.15) is 66.3 Å². The van der Waals surface area contributed by atoms with E-state index in [2.05, 4.69) is 51.4 Å². The molecule has 20 heteroatoms. The van der Waals surface area contributed by atoms with Crippen LogP contribution in [0, 0.1) is 0 Å². The van der Waals surface area contributed by atoms with E-state index in [4.69, 9.17) is 4.74 Å². The average Bonchev–Trinajstić information content (AvgIpc) is 3.85. The summed E-state index contributed by atoms with van der Waals surface area (Å²) in [5, 5.41) is 25.8. The van der Waals surface area contributed by atoms with Gasteiger partial charge in [-0.1, -0.05) is 73.7 Å². The van der Waals surface area contributed by atoms with Gasteiger partial charge < -0.3 is 45.9 Å². The van der Waals surface area contributed by atoms with E-state index in [1.165, 1.54) is 17.8 Å². The number of nitrogens with zero attached hydrogens (tertiary/aromatic N) is 6. The Hall–Kier alpha value is -6.83. The van der Waals surface area contributed by atoms with Gasteiger partial charge in [0.25, 0.3) is 5.91 Å². The Labute approximate surface area is 360 Å². The third-order valence-electron chi connectivity index (χ3n) is 11.1. The fourth-order valence-corrected chi connectivity index (χ4v) is 7.90. The number of imidazole rings is 1. The van der Waals surface area contributed by atoms with Gasteiger partial charge in [-0.25, -0.2) is 29.5 Å². The summed E-state index contributed by atoms with van der Waals surface area (Å²) in [4.78, 5) is 71.0. The number of ether oxygens (including phenoxy) is 1. The van der Waals surface area contributed by atoms with Gasteiger partial charge in [-0.15, -0.1) is 0 Å². The summed E-state index contributed by atoms with van der Waals surface area (Å²) in [5.41, 5.74) is 2.19. The number of carbonyl (C=O) groups excluding carboxylic acids is 4. The summed E-state index contributed by atoms with van der Waals surface area (Å²) in [7, 11) is 0. The van der Waals surface area contributed by atoms with Crippen LogP contribution < -0.4 is 31.5 Å². The molecule has 4 atom stereocenters. The molecule has 1 aliphatic heterocycles. The highest BCUT2D eigenvalue weighted by molar-refractivity contribution is 5.94. The number of aromatic nitrogens is 5. The minimum Gasteiger partial charge on any atom is -0.451 e. The molecule has 4 amide bonds. The second kappa shape index (κ2) is 19.9. The first kappa shape index (κ1) is 44.2. The first-order valence-electron chi connectivity index (χ1n) is 20.7. The van der Waals surface area contributed by atoms with Crippen molar-refractivity contribution in [1.29, 1.82) is 0 Å². The molecule has 1 saturated carbocycles. The summed E-state index contributed by atoms with van der Waals surface area (Å²) < 4.78 is 46.1. The molecule has 6 N–H and O–H groups in total. The highest BCUT2D eigenvalue weighted by atomic mass is 19.4. The number of benzene rings is 2. The fraction of sp³-hybridized carbons (Fsp3) is 0.395. The SMILES string of the molecule is CCC(=O)N[C@H]1C[C@@H](n2cnc3c(NCC(c4ccccc4)c4ccccc4)nc(C(=O)NCCNC(=O)NC4CCN(c5ccccn5)CC4)nc32)[C@H](O)[C@@H]1OC(=O)C(F)(F)F. The number of esters is 1. The summed E-state index contributed by atoms with van der Waals surface area (Å²) in [6.07, 6.45) is -4.59. The molecule has 1 aliphatic carbocycles. The fourth-order valence-electron chi connectivity index (χ4n) is 7.90. The van der Waals surface area contributed by atoms with Crippen molar-refractivity contribution in [2.45, 2.75) is 75.0 Å². The summed E-state index contributed by atoms with van der Waals surface area (Å²) >= 11 is 0. The van der Waals surface area contributed by atoms with Crippen LogP contribution in [0.5, 0.6) is 0 Å². The van der Waals surface area contributed by atoms with Gasteiger partial charge in [-0.2, -0.15) is 13.2 Å². The third-order valence-corrected chi connectivity index (χ3v) is 11.1. The Bertz CT molecular complexity index is 2310. The van der Waals surface area contributed by atoms with Gasteiger partial charge in [0.15, 0.2) is 17.6 Å². The number of hydrogen-bond donors (Lipinski definition) is 6. The van der Waals surface area contributed by atoms with Gasteiger partial charge in [0.05, 0.1) is 18.4 Å². The standard InChI is InChI=1S/C43H48F3N11O6/c1-2-33(58)53-30-23-31(35(59)36(30)63-41(61)43(44,45)46)57-25-51-34-37(50-24-29(26-11-5-3-6-12-26)27-13-7-4-8-14-27)54-38(55-39(34)57)40(60)48-19-20-49-42(62)52-28-16-21-56(22-17-28)32-15-9-10-18-47-32/h3-15,18,25,28-31,35-36,59H,2,16-17,19-24H2,1H3,(H,48,60)(H,53,58)(H2,49,52,62)(H,50,54,55)/t30-,31+,35-,36+/m0/s1. The van der Waals surface area contributed by atoms with Crippen LogP contribution in [0.15, 0.2) is 91.4 Å². The lowest BCUT2D eigenvalue weighted by Crippen LogP contribution is -2.49. The number of nitrogens with one attached hydrogen (secondary N) is 5. The predicted octanol–water partition coefficient (Wildman–Crippen LogP) is 3.84. The summed E-state index contributed by atoms with van der Waals surface area (Å²) in [5.74, 6) is -3.23. The maximum absolute atomic E-state index is 13.7. The maximum atomic E-state index is 13.7. The molecule has 2 aliphatic rings. The number of carbonyl (C=O) groups is 4. The Kier molecular flexibility index (Phi) is 14.0. The zero-order valence-electron chi connectivity index (χ0n) is 34.3. The molecule has 2 fully saturated rings. The van der Waals surface area contributed by atoms with E-state index >= 15 is 0 Å². The van der Waals surface area contributed by atoms with Crippen LogP contribution in [-0.2, 0) is 14.3 Å². The number of aliphatic hydroxyl groups excluding tert-OH is 1. The molecule has 2 aromatic carbocycles. The van der Waals surface area contributed by atoms with Crippen LogP contribution in [0.4, 0.5) is 29.6 Å². The maximum Gasteiger partial charge on any atom is 0.490 e. The van der Waals surface area contributed by atoms with E-state index in [9.17, 15) is 37.5 Å². The predicted molar refractivity (Wildman–Crippen MR) is 225 cm³/mol. The van der Waals surface area contributed by atoms with Crippen LogP contribution in [-0.4, -0.2) is 117 Å². The molecule has 5 aromatic rings. The zero-order valence-corrected chi connectivity index (χ0v) is 34.3. The number of aliphatic hydroxyl groups is 1. The van der Waals surface area contributed by atoms with Crippen molar-refractivity contribution in [3.05, 3.63) is 108 Å².